The van der Waals surface area contributed by atoms with Gasteiger partial charge in [-0.15, -0.1) is 0 Å². The lowest BCUT2D eigenvalue weighted by molar-refractivity contribution is 0.0269. The standard InChI is InChI=1S/C17H16F2N4O2/c1-17(2,24)9-25-13-5-12(10-3-4-14(18)22-8-10)15(23-16(13)19)11(6-20)7-21/h3-6,8,24H,9,20H2,1-2H3. The van der Waals surface area contributed by atoms with Crippen LogP contribution in [-0.4, -0.2) is 27.3 Å². The molecule has 0 atom stereocenters. The normalized spacial score (nSPS) is 11.9. The van der Waals surface area contributed by atoms with E-state index in [2.05, 4.69) is 9.97 Å². The molecule has 0 aromatic carbocycles. The van der Waals surface area contributed by atoms with Crippen LogP contribution in [0.4, 0.5) is 8.78 Å². The molecular formula is C17H16F2N4O2. The van der Waals surface area contributed by atoms with Crippen molar-refractivity contribution in [3.8, 4) is 22.9 Å². The molecule has 0 aliphatic heterocycles. The van der Waals surface area contributed by atoms with E-state index in [0.717, 1.165) is 12.3 Å². The van der Waals surface area contributed by atoms with Gasteiger partial charge in [-0.1, -0.05) is 0 Å². The first kappa shape index (κ1) is 18.3. The maximum atomic E-state index is 14.2. The van der Waals surface area contributed by atoms with E-state index in [0.29, 0.717) is 5.56 Å². The number of nitrogens with two attached hydrogens (primary N) is 1. The Morgan fingerprint density at radius 2 is 2.16 bits per heavy atom. The zero-order chi connectivity index (χ0) is 18.6. The SMILES string of the molecule is CC(C)(O)COc1cc(-c2ccc(F)nc2)c(C(C#N)=CN)nc1F. The van der Waals surface area contributed by atoms with Gasteiger partial charge in [-0.3, -0.25) is 0 Å². The maximum Gasteiger partial charge on any atom is 0.255 e. The third kappa shape index (κ3) is 4.49. The van der Waals surface area contributed by atoms with Crippen molar-refractivity contribution in [2.24, 2.45) is 5.73 Å². The van der Waals surface area contributed by atoms with Gasteiger partial charge in [0.2, 0.25) is 5.95 Å². The van der Waals surface area contributed by atoms with Crippen molar-refractivity contribution in [2.75, 3.05) is 6.61 Å². The van der Waals surface area contributed by atoms with E-state index < -0.39 is 17.5 Å². The smallest absolute Gasteiger partial charge is 0.255 e. The molecule has 0 saturated carbocycles. The van der Waals surface area contributed by atoms with Gasteiger partial charge in [0.1, 0.15) is 12.7 Å². The Kier molecular flexibility index (Phi) is 5.29. The van der Waals surface area contributed by atoms with Crippen molar-refractivity contribution >= 4 is 5.57 Å². The fraction of sp³-hybridized carbons (Fsp3) is 0.235. The molecule has 8 heteroatoms. The summed E-state index contributed by atoms with van der Waals surface area (Å²) in [5.74, 6) is -1.87. The van der Waals surface area contributed by atoms with E-state index >= 15 is 0 Å². The number of halogens is 2. The van der Waals surface area contributed by atoms with Crippen molar-refractivity contribution in [1.82, 2.24) is 9.97 Å². The molecule has 2 heterocycles. The summed E-state index contributed by atoms with van der Waals surface area (Å²) in [6.45, 7) is 2.83. The third-order valence-corrected chi connectivity index (χ3v) is 3.11. The van der Waals surface area contributed by atoms with E-state index in [1.165, 1.54) is 32.2 Å². The number of nitrogens with zero attached hydrogens (tertiary/aromatic N) is 3. The van der Waals surface area contributed by atoms with Crippen molar-refractivity contribution in [3.63, 3.8) is 0 Å². The van der Waals surface area contributed by atoms with Crippen LogP contribution < -0.4 is 10.5 Å². The Balaban J connectivity index is 2.59. The summed E-state index contributed by atoms with van der Waals surface area (Å²) < 4.78 is 32.6. The lowest BCUT2D eigenvalue weighted by Gasteiger charge is -2.19. The van der Waals surface area contributed by atoms with Crippen LogP contribution in [0.15, 0.2) is 30.6 Å². The molecule has 2 aromatic rings. The number of aromatic nitrogens is 2. The lowest BCUT2D eigenvalue weighted by Crippen LogP contribution is -2.28. The number of pyridine rings is 2. The van der Waals surface area contributed by atoms with Gasteiger partial charge in [-0.2, -0.15) is 14.0 Å². The minimum atomic E-state index is -1.18. The molecule has 0 radical (unpaired) electrons. The average Bonchev–Trinajstić information content (AvgIpc) is 2.55. The van der Waals surface area contributed by atoms with Crippen LogP contribution in [0.25, 0.3) is 16.7 Å². The highest BCUT2D eigenvalue weighted by Crippen LogP contribution is 2.32. The molecule has 2 rings (SSSR count). The summed E-state index contributed by atoms with van der Waals surface area (Å²) in [6, 6.07) is 5.66. The fourth-order valence-corrected chi connectivity index (χ4v) is 1.96. The number of hydrogen-bond donors (Lipinski definition) is 2. The van der Waals surface area contributed by atoms with Crippen molar-refractivity contribution in [2.45, 2.75) is 19.4 Å². The fourth-order valence-electron chi connectivity index (χ4n) is 1.96. The number of ether oxygens (including phenoxy) is 1. The first-order chi connectivity index (χ1) is 11.7. The Labute approximate surface area is 143 Å². The number of allylic oxidation sites excluding steroid dienone is 1. The Morgan fingerprint density at radius 3 is 2.68 bits per heavy atom. The van der Waals surface area contributed by atoms with Crippen LogP contribution >= 0.6 is 0 Å². The maximum absolute atomic E-state index is 14.2. The van der Waals surface area contributed by atoms with Crippen LogP contribution in [0.1, 0.15) is 19.5 Å². The zero-order valence-electron chi connectivity index (χ0n) is 13.6. The van der Waals surface area contributed by atoms with Crippen LogP contribution in [0.2, 0.25) is 0 Å². The van der Waals surface area contributed by atoms with Crippen molar-refractivity contribution in [1.29, 1.82) is 5.26 Å². The van der Waals surface area contributed by atoms with Crippen LogP contribution in [0, 0.1) is 23.2 Å². The molecule has 0 aliphatic carbocycles. The van der Waals surface area contributed by atoms with E-state index in [1.807, 2.05) is 6.07 Å². The second-order valence-electron chi connectivity index (χ2n) is 5.84. The average molecular weight is 346 g/mol. The van der Waals surface area contributed by atoms with E-state index in [9.17, 15) is 13.9 Å². The quantitative estimate of drug-likeness (QED) is 0.636. The van der Waals surface area contributed by atoms with E-state index in [4.69, 9.17) is 15.7 Å². The molecule has 6 nitrogen and oxygen atoms in total. The van der Waals surface area contributed by atoms with Gasteiger partial charge in [0.05, 0.1) is 16.9 Å². The zero-order valence-corrected chi connectivity index (χ0v) is 13.6. The summed E-state index contributed by atoms with van der Waals surface area (Å²) in [4.78, 5) is 7.29. The summed E-state index contributed by atoms with van der Waals surface area (Å²) in [5.41, 5.74) is 4.82. The monoisotopic (exact) mass is 346 g/mol. The third-order valence-electron chi connectivity index (χ3n) is 3.11. The molecule has 0 fully saturated rings. The van der Waals surface area contributed by atoms with Gasteiger partial charge in [0, 0.05) is 23.5 Å². The van der Waals surface area contributed by atoms with Crippen LogP contribution in [0.3, 0.4) is 0 Å². The van der Waals surface area contributed by atoms with E-state index in [-0.39, 0.29) is 29.2 Å². The molecule has 0 saturated heterocycles. The molecule has 0 amide bonds. The van der Waals surface area contributed by atoms with Gasteiger partial charge in [0.25, 0.3) is 5.95 Å². The predicted molar refractivity (Wildman–Crippen MR) is 87.0 cm³/mol. The molecular weight excluding hydrogens is 330 g/mol. The molecule has 0 aliphatic rings. The van der Waals surface area contributed by atoms with Crippen molar-refractivity contribution < 1.29 is 18.6 Å². The number of nitriles is 1. The Bertz CT molecular complexity index is 837. The summed E-state index contributed by atoms with van der Waals surface area (Å²) >= 11 is 0. The largest absolute Gasteiger partial charge is 0.486 e. The number of hydrogen-bond acceptors (Lipinski definition) is 6. The van der Waals surface area contributed by atoms with Gasteiger partial charge in [0.15, 0.2) is 5.75 Å². The summed E-state index contributed by atoms with van der Waals surface area (Å²) in [5, 5.41) is 18.9. The molecule has 0 unspecified atom stereocenters. The van der Waals surface area contributed by atoms with Gasteiger partial charge >= 0.3 is 0 Å². The number of rotatable bonds is 5. The highest BCUT2D eigenvalue weighted by Gasteiger charge is 2.20. The molecule has 130 valence electrons. The van der Waals surface area contributed by atoms with Crippen LogP contribution in [-0.2, 0) is 0 Å². The van der Waals surface area contributed by atoms with E-state index in [1.54, 1.807) is 0 Å². The minimum absolute atomic E-state index is 0.0217. The summed E-state index contributed by atoms with van der Waals surface area (Å²) in [7, 11) is 0. The topological polar surface area (TPSA) is 105 Å². The lowest BCUT2D eigenvalue weighted by atomic mass is 10.0. The first-order valence-corrected chi connectivity index (χ1v) is 7.25. The Morgan fingerprint density at radius 1 is 1.44 bits per heavy atom. The van der Waals surface area contributed by atoms with Gasteiger partial charge in [-0.05, 0) is 32.0 Å². The van der Waals surface area contributed by atoms with Gasteiger partial charge in [-0.25, -0.2) is 9.97 Å². The molecule has 0 spiro atoms. The first-order valence-electron chi connectivity index (χ1n) is 7.25. The molecule has 2 aromatic heterocycles. The molecule has 3 N–H and O–H groups in total. The number of aliphatic hydroxyl groups is 1. The van der Waals surface area contributed by atoms with Crippen LogP contribution in [0.5, 0.6) is 5.75 Å². The molecule has 0 bridgehead atoms. The van der Waals surface area contributed by atoms with Crippen molar-refractivity contribution in [3.05, 3.63) is 48.2 Å². The minimum Gasteiger partial charge on any atom is -0.486 e. The second kappa shape index (κ2) is 7.23. The summed E-state index contributed by atoms with van der Waals surface area (Å²) in [6.07, 6.45) is 2.22. The Hall–Kier alpha value is -3.05. The molecule has 25 heavy (non-hydrogen) atoms. The predicted octanol–water partition coefficient (Wildman–Crippen LogP) is 2.39. The second-order valence-corrected chi connectivity index (χ2v) is 5.84. The highest BCUT2D eigenvalue weighted by atomic mass is 19.1. The highest BCUT2D eigenvalue weighted by molar-refractivity contribution is 5.85. The van der Waals surface area contributed by atoms with Gasteiger partial charge < -0.3 is 15.6 Å².